The van der Waals surface area contributed by atoms with E-state index >= 15 is 0 Å². The van der Waals surface area contributed by atoms with E-state index in [2.05, 4.69) is 41.4 Å². The highest BCUT2D eigenvalue weighted by Gasteiger charge is 2.40. The zero-order valence-electron chi connectivity index (χ0n) is 11.3. The number of aliphatic hydroxyl groups is 1. The molecule has 0 aliphatic carbocycles. The van der Waals surface area contributed by atoms with Crippen LogP contribution < -0.4 is 0 Å². The molecule has 0 amide bonds. The molecule has 1 saturated heterocycles. The number of rotatable bonds is 4. The van der Waals surface area contributed by atoms with Crippen molar-refractivity contribution in [2.45, 2.75) is 44.4 Å². The van der Waals surface area contributed by atoms with Crippen molar-refractivity contribution < 1.29 is 5.11 Å². The third kappa shape index (κ3) is 2.72. The van der Waals surface area contributed by atoms with Crippen molar-refractivity contribution in [2.75, 3.05) is 6.61 Å². The first-order valence-corrected chi connectivity index (χ1v) is 7.30. The Morgan fingerprint density at radius 1 is 1.26 bits per heavy atom. The van der Waals surface area contributed by atoms with Crippen molar-refractivity contribution in [1.82, 2.24) is 4.90 Å². The molecule has 19 heavy (non-hydrogen) atoms. The van der Waals surface area contributed by atoms with E-state index in [-0.39, 0.29) is 6.61 Å². The minimum Gasteiger partial charge on any atom is -0.396 e. The zero-order valence-corrected chi connectivity index (χ0v) is 11.3. The summed E-state index contributed by atoms with van der Waals surface area (Å²) >= 11 is 0. The normalized spacial score (nSPS) is 30.5. The summed E-state index contributed by atoms with van der Waals surface area (Å²) in [6, 6.07) is 11.1. The van der Waals surface area contributed by atoms with Gasteiger partial charge in [0.2, 0.25) is 0 Å². The van der Waals surface area contributed by atoms with E-state index in [1.165, 1.54) is 18.4 Å². The predicted octanol–water partition coefficient (Wildman–Crippen LogP) is 2.45. The fourth-order valence-corrected chi connectivity index (χ4v) is 3.49. The van der Waals surface area contributed by atoms with Gasteiger partial charge in [-0.15, -0.1) is 0 Å². The van der Waals surface area contributed by atoms with E-state index in [1.54, 1.807) is 0 Å². The van der Waals surface area contributed by atoms with Gasteiger partial charge in [0.1, 0.15) is 6.17 Å². The highest BCUT2D eigenvalue weighted by molar-refractivity contribution is 5.58. The smallest absolute Gasteiger partial charge is 0.105 e. The monoisotopic (exact) mass is 258 g/mol. The maximum atomic E-state index is 9.28. The number of likely N-dealkylation sites (tertiary alicyclic amines) is 1. The molecule has 1 N–H and O–H groups in total. The van der Waals surface area contributed by atoms with E-state index in [0.29, 0.717) is 18.1 Å². The summed E-state index contributed by atoms with van der Waals surface area (Å²) in [5.74, 6) is 0.685. The first-order chi connectivity index (χ1) is 9.38. The van der Waals surface area contributed by atoms with E-state index in [0.717, 1.165) is 19.4 Å². The maximum Gasteiger partial charge on any atom is 0.105 e. The Morgan fingerprint density at radius 2 is 2.11 bits per heavy atom. The van der Waals surface area contributed by atoms with E-state index < -0.39 is 0 Å². The van der Waals surface area contributed by atoms with E-state index in [4.69, 9.17) is 4.99 Å². The fraction of sp³-hybridized carbons (Fsp3) is 0.562. The summed E-state index contributed by atoms with van der Waals surface area (Å²) in [6.45, 7) is 1.23. The van der Waals surface area contributed by atoms with Crippen LogP contribution in [0, 0.1) is 5.92 Å². The van der Waals surface area contributed by atoms with Gasteiger partial charge >= 0.3 is 0 Å². The molecule has 3 atom stereocenters. The third-order valence-electron chi connectivity index (χ3n) is 4.40. The zero-order chi connectivity index (χ0) is 13.1. The molecule has 2 aliphatic rings. The topological polar surface area (TPSA) is 35.8 Å². The summed E-state index contributed by atoms with van der Waals surface area (Å²) < 4.78 is 0. The van der Waals surface area contributed by atoms with Crippen LogP contribution in [0.5, 0.6) is 0 Å². The van der Waals surface area contributed by atoms with E-state index in [9.17, 15) is 5.11 Å². The number of hydrogen-bond donors (Lipinski definition) is 1. The van der Waals surface area contributed by atoms with Crippen LogP contribution >= 0.6 is 0 Å². The Kier molecular flexibility index (Phi) is 3.95. The Labute approximate surface area is 115 Å². The Morgan fingerprint density at radius 3 is 2.89 bits per heavy atom. The van der Waals surface area contributed by atoms with Crippen molar-refractivity contribution in [2.24, 2.45) is 10.9 Å². The highest BCUT2D eigenvalue weighted by atomic mass is 16.3. The highest BCUT2D eigenvalue weighted by Crippen LogP contribution is 2.37. The average Bonchev–Trinajstić information content (AvgIpc) is 2.79. The Hall–Kier alpha value is -1.19. The molecule has 1 aromatic carbocycles. The molecule has 3 rings (SSSR count). The van der Waals surface area contributed by atoms with Crippen molar-refractivity contribution in [3.8, 4) is 0 Å². The van der Waals surface area contributed by atoms with Crippen LogP contribution in [-0.2, 0) is 6.54 Å². The van der Waals surface area contributed by atoms with Gasteiger partial charge < -0.3 is 5.11 Å². The maximum absolute atomic E-state index is 9.28. The Bertz CT molecular complexity index is 432. The lowest BCUT2D eigenvalue weighted by Crippen LogP contribution is -2.37. The molecule has 3 nitrogen and oxygen atoms in total. The lowest BCUT2D eigenvalue weighted by molar-refractivity contribution is 0.146. The molecule has 2 aliphatic heterocycles. The number of nitrogens with zero attached hydrogens (tertiary/aromatic N) is 2. The molecule has 3 unspecified atom stereocenters. The first-order valence-electron chi connectivity index (χ1n) is 7.30. The second-order valence-corrected chi connectivity index (χ2v) is 5.64. The molecule has 0 aromatic heterocycles. The number of benzene rings is 1. The number of hydrogen-bond acceptors (Lipinski definition) is 3. The average molecular weight is 258 g/mol. The van der Waals surface area contributed by atoms with Crippen LogP contribution in [-0.4, -0.2) is 35.0 Å². The molecule has 1 fully saturated rings. The predicted molar refractivity (Wildman–Crippen MR) is 77.1 cm³/mol. The van der Waals surface area contributed by atoms with Crippen LogP contribution in [0.25, 0.3) is 0 Å². The second kappa shape index (κ2) is 5.85. The van der Waals surface area contributed by atoms with Crippen LogP contribution in [0.3, 0.4) is 0 Å². The first kappa shape index (κ1) is 12.8. The molecule has 0 bridgehead atoms. The minimum absolute atomic E-state index is 0.277. The molecule has 0 spiro atoms. The SMILES string of the molecule is OCCC1CC2CCC=NC2N1Cc1ccccc1. The Balaban J connectivity index is 1.78. The molecule has 2 heterocycles. The molecule has 102 valence electrons. The van der Waals surface area contributed by atoms with Gasteiger partial charge in [-0.05, 0) is 37.2 Å². The molecule has 1 aromatic rings. The lowest BCUT2D eigenvalue weighted by atomic mass is 9.95. The summed E-state index contributed by atoms with van der Waals surface area (Å²) in [4.78, 5) is 7.21. The van der Waals surface area contributed by atoms with Gasteiger partial charge in [-0.1, -0.05) is 30.3 Å². The van der Waals surface area contributed by atoms with Crippen LogP contribution in [0.1, 0.15) is 31.2 Å². The summed E-state index contributed by atoms with van der Waals surface area (Å²) in [5.41, 5.74) is 1.34. The van der Waals surface area contributed by atoms with Gasteiger partial charge in [-0.2, -0.15) is 0 Å². The van der Waals surface area contributed by atoms with Crippen LogP contribution in [0.4, 0.5) is 0 Å². The van der Waals surface area contributed by atoms with Gasteiger partial charge in [0, 0.05) is 25.4 Å². The molecular formula is C16H22N2O. The summed E-state index contributed by atoms with van der Waals surface area (Å²) in [5, 5.41) is 9.28. The largest absolute Gasteiger partial charge is 0.396 e. The lowest BCUT2D eigenvalue weighted by Gasteiger charge is -2.30. The number of fused-ring (bicyclic) bond motifs is 1. The van der Waals surface area contributed by atoms with Gasteiger partial charge in [0.15, 0.2) is 0 Å². The summed E-state index contributed by atoms with van der Waals surface area (Å²) in [7, 11) is 0. The van der Waals surface area contributed by atoms with E-state index in [1.807, 2.05) is 0 Å². The van der Waals surface area contributed by atoms with Crippen molar-refractivity contribution in [3.05, 3.63) is 35.9 Å². The van der Waals surface area contributed by atoms with Crippen LogP contribution in [0.2, 0.25) is 0 Å². The van der Waals surface area contributed by atoms with Crippen LogP contribution in [0.15, 0.2) is 35.3 Å². The second-order valence-electron chi connectivity index (χ2n) is 5.64. The number of aliphatic imine (C=N–C) groups is 1. The minimum atomic E-state index is 0.277. The van der Waals surface area contributed by atoms with Gasteiger partial charge in [0.05, 0.1) is 0 Å². The summed E-state index contributed by atoms with van der Waals surface area (Å²) in [6.07, 6.45) is 6.85. The molecule has 0 radical (unpaired) electrons. The van der Waals surface area contributed by atoms with Gasteiger partial charge in [-0.25, -0.2) is 0 Å². The van der Waals surface area contributed by atoms with Crippen molar-refractivity contribution >= 4 is 6.21 Å². The van der Waals surface area contributed by atoms with Gasteiger partial charge in [-0.3, -0.25) is 9.89 Å². The fourth-order valence-electron chi connectivity index (χ4n) is 3.49. The quantitative estimate of drug-likeness (QED) is 0.900. The number of aliphatic hydroxyl groups excluding tert-OH is 1. The third-order valence-corrected chi connectivity index (χ3v) is 4.40. The van der Waals surface area contributed by atoms with Gasteiger partial charge in [0.25, 0.3) is 0 Å². The molecule has 3 heteroatoms. The molecular weight excluding hydrogens is 236 g/mol. The molecule has 0 saturated carbocycles. The van der Waals surface area contributed by atoms with Crippen molar-refractivity contribution in [1.29, 1.82) is 0 Å². The standard InChI is InChI=1S/C16H22N2O/c19-10-8-15-11-14-7-4-9-17-16(14)18(15)12-13-5-2-1-3-6-13/h1-3,5-6,9,14-16,19H,4,7-8,10-12H2. The van der Waals surface area contributed by atoms with Crippen molar-refractivity contribution in [3.63, 3.8) is 0 Å².